The highest BCUT2D eigenvalue weighted by Gasteiger charge is 2.14. The molecule has 1 aromatic carbocycles. The molecule has 0 aliphatic heterocycles. The van der Waals surface area contributed by atoms with Crippen LogP contribution in [-0.4, -0.2) is 26.3 Å². The number of benzene rings is 1. The van der Waals surface area contributed by atoms with Gasteiger partial charge in [-0.3, -0.25) is 4.79 Å². The molecule has 0 saturated heterocycles. The average molecular weight is 274 g/mol. The van der Waals surface area contributed by atoms with Crippen molar-refractivity contribution in [2.24, 2.45) is 5.14 Å². The minimum absolute atomic E-state index is 0.0718. The van der Waals surface area contributed by atoms with Crippen molar-refractivity contribution in [1.29, 1.82) is 0 Å². The van der Waals surface area contributed by atoms with E-state index in [4.69, 9.17) is 5.14 Å². The Morgan fingerprint density at radius 2 is 2.06 bits per heavy atom. The lowest BCUT2D eigenvalue weighted by molar-refractivity contribution is -0.115. The second-order valence-corrected chi connectivity index (χ2v) is 5.85. The van der Waals surface area contributed by atoms with Crippen molar-refractivity contribution >= 4 is 33.4 Å². The topological polar surface area (TPSA) is 89.3 Å². The van der Waals surface area contributed by atoms with E-state index in [0.717, 1.165) is 0 Å². The maximum Gasteiger partial charge on any atom is 0.240 e. The van der Waals surface area contributed by atoms with E-state index in [-0.39, 0.29) is 16.5 Å². The highest BCUT2D eigenvalue weighted by atomic mass is 32.2. The lowest BCUT2D eigenvalue weighted by Gasteiger charge is -2.08. The van der Waals surface area contributed by atoms with Crippen LogP contribution in [0.3, 0.4) is 0 Å². The molecule has 0 aliphatic carbocycles. The number of nitrogens with one attached hydrogen (secondary N) is 1. The number of hydrogen-bond acceptors (Lipinski definition) is 4. The molecule has 1 rings (SSSR count). The highest BCUT2D eigenvalue weighted by Crippen LogP contribution is 2.19. The molecule has 0 bridgehead atoms. The van der Waals surface area contributed by atoms with E-state index in [1.165, 1.54) is 12.1 Å². The summed E-state index contributed by atoms with van der Waals surface area (Å²) in [6, 6.07) is 6.06. The molecule has 0 saturated carbocycles. The zero-order valence-electron chi connectivity index (χ0n) is 9.34. The number of rotatable bonds is 5. The van der Waals surface area contributed by atoms with Crippen LogP contribution in [-0.2, 0) is 14.8 Å². The van der Waals surface area contributed by atoms with E-state index in [2.05, 4.69) is 5.32 Å². The quantitative estimate of drug-likeness (QED) is 0.839. The monoisotopic (exact) mass is 274 g/mol. The maximum absolute atomic E-state index is 11.5. The van der Waals surface area contributed by atoms with Crippen LogP contribution >= 0.6 is 11.8 Å². The van der Waals surface area contributed by atoms with Crippen LogP contribution in [0.25, 0.3) is 0 Å². The fourth-order valence-electron chi connectivity index (χ4n) is 1.23. The van der Waals surface area contributed by atoms with Gasteiger partial charge in [0.15, 0.2) is 0 Å². The van der Waals surface area contributed by atoms with Gasteiger partial charge in [-0.25, -0.2) is 13.6 Å². The molecule has 0 spiro atoms. The molecule has 3 N–H and O–H groups in total. The van der Waals surface area contributed by atoms with Crippen molar-refractivity contribution in [2.45, 2.75) is 11.3 Å². The Balaban J connectivity index is 2.88. The second-order valence-electron chi connectivity index (χ2n) is 3.33. The molecule has 0 unspecified atom stereocenters. The standard InChI is InChI=1S/C10H14N2O3S2/c1-16-7-6-10(13)12-8-4-2-3-5-9(8)17(11,14)15/h2-5H,6-7H2,1H3,(H,12,13)(H2,11,14,15). The number of thioether (sulfide) groups is 1. The minimum Gasteiger partial charge on any atom is -0.325 e. The van der Waals surface area contributed by atoms with Gasteiger partial charge >= 0.3 is 0 Å². The van der Waals surface area contributed by atoms with Crippen LogP contribution in [0.5, 0.6) is 0 Å². The third kappa shape index (κ3) is 4.37. The number of sulfonamides is 1. The molecule has 0 fully saturated rings. The average Bonchev–Trinajstić information content (AvgIpc) is 2.25. The Bertz CT molecular complexity index is 500. The van der Waals surface area contributed by atoms with Crippen LogP contribution in [0.1, 0.15) is 6.42 Å². The van der Waals surface area contributed by atoms with E-state index < -0.39 is 10.0 Å². The maximum atomic E-state index is 11.5. The normalized spacial score (nSPS) is 11.2. The SMILES string of the molecule is CSCCC(=O)Nc1ccccc1S(N)(=O)=O. The van der Waals surface area contributed by atoms with E-state index in [9.17, 15) is 13.2 Å². The van der Waals surface area contributed by atoms with E-state index >= 15 is 0 Å². The van der Waals surface area contributed by atoms with Crippen LogP contribution in [0, 0.1) is 0 Å². The molecule has 0 aliphatic rings. The summed E-state index contributed by atoms with van der Waals surface area (Å²) in [7, 11) is -3.82. The van der Waals surface area contributed by atoms with Gasteiger partial charge in [0, 0.05) is 12.2 Å². The van der Waals surface area contributed by atoms with Crippen molar-refractivity contribution in [3.8, 4) is 0 Å². The molecular formula is C10H14N2O3S2. The molecule has 94 valence electrons. The summed E-state index contributed by atoms with van der Waals surface area (Å²) >= 11 is 1.55. The first kappa shape index (κ1) is 14.0. The number of carbonyl (C=O) groups excluding carboxylic acids is 1. The lowest BCUT2D eigenvalue weighted by Crippen LogP contribution is -2.18. The van der Waals surface area contributed by atoms with Gasteiger partial charge < -0.3 is 5.32 Å². The number of amides is 1. The minimum atomic E-state index is -3.82. The summed E-state index contributed by atoms with van der Waals surface area (Å²) in [5.74, 6) is 0.457. The first-order valence-corrected chi connectivity index (χ1v) is 7.80. The number of primary sulfonamides is 1. The smallest absolute Gasteiger partial charge is 0.240 e. The Morgan fingerprint density at radius 1 is 1.41 bits per heavy atom. The molecule has 0 radical (unpaired) electrons. The van der Waals surface area contributed by atoms with E-state index in [0.29, 0.717) is 12.2 Å². The highest BCUT2D eigenvalue weighted by molar-refractivity contribution is 7.98. The predicted octanol–water partition coefficient (Wildman–Crippen LogP) is 1.03. The van der Waals surface area contributed by atoms with Gasteiger partial charge in [0.25, 0.3) is 0 Å². The number of carbonyl (C=O) groups is 1. The number of anilines is 1. The second kappa shape index (κ2) is 6.04. The van der Waals surface area contributed by atoms with Crippen LogP contribution in [0.15, 0.2) is 29.2 Å². The van der Waals surface area contributed by atoms with Crippen LogP contribution < -0.4 is 10.5 Å². The fraction of sp³-hybridized carbons (Fsp3) is 0.300. The summed E-state index contributed by atoms with van der Waals surface area (Å²) in [6.07, 6.45) is 2.23. The molecular weight excluding hydrogens is 260 g/mol. The van der Waals surface area contributed by atoms with Crippen LogP contribution in [0.4, 0.5) is 5.69 Å². The number of hydrogen-bond donors (Lipinski definition) is 2. The molecule has 0 heterocycles. The zero-order chi connectivity index (χ0) is 12.9. The van der Waals surface area contributed by atoms with Crippen molar-refractivity contribution in [3.63, 3.8) is 0 Å². The Morgan fingerprint density at radius 3 is 2.65 bits per heavy atom. The van der Waals surface area contributed by atoms with Gasteiger partial charge in [0.2, 0.25) is 15.9 Å². The largest absolute Gasteiger partial charge is 0.325 e. The molecule has 1 amide bonds. The summed E-state index contributed by atoms with van der Waals surface area (Å²) in [6.45, 7) is 0. The molecule has 1 aromatic rings. The van der Waals surface area contributed by atoms with Gasteiger partial charge in [0.1, 0.15) is 4.90 Å². The van der Waals surface area contributed by atoms with Gasteiger partial charge in [-0.2, -0.15) is 11.8 Å². The third-order valence-electron chi connectivity index (χ3n) is 2.00. The summed E-state index contributed by atoms with van der Waals surface area (Å²) in [4.78, 5) is 11.4. The molecule has 17 heavy (non-hydrogen) atoms. The van der Waals surface area contributed by atoms with Gasteiger partial charge in [-0.1, -0.05) is 12.1 Å². The van der Waals surface area contributed by atoms with E-state index in [1.54, 1.807) is 23.9 Å². The number of nitrogens with two attached hydrogens (primary N) is 1. The summed E-state index contributed by atoms with van der Waals surface area (Å²) in [5.41, 5.74) is 0.223. The van der Waals surface area contributed by atoms with Gasteiger partial charge in [-0.15, -0.1) is 0 Å². The first-order chi connectivity index (χ1) is 7.95. The van der Waals surface area contributed by atoms with E-state index in [1.807, 2.05) is 6.26 Å². The van der Waals surface area contributed by atoms with Crippen molar-refractivity contribution < 1.29 is 13.2 Å². The molecule has 0 aromatic heterocycles. The van der Waals surface area contributed by atoms with Gasteiger partial charge in [-0.05, 0) is 18.4 Å². The van der Waals surface area contributed by atoms with Crippen molar-refractivity contribution in [1.82, 2.24) is 0 Å². The van der Waals surface area contributed by atoms with Crippen molar-refractivity contribution in [2.75, 3.05) is 17.3 Å². The Labute approximate surface area is 105 Å². The van der Waals surface area contributed by atoms with Crippen LogP contribution in [0.2, 0.25) is 0 Å². The molecule has 5 nitrogen and oxygen atoms in total. The van der Waals surface area contributed by atoms with Crippen molar-refractivity contribution in [3.05, 3.63) is 24.3 Å². The third-order valence-corrected chi connectivity index (χ3v) is 3.58. The Kier molecular flexibility index (Phi) is 4.98. The zero-order valence-corrected chi connectivity index (χ0v) is 11.0. The number of para-hydroxylation sites is 1. The molecule has 0 atom stereocenters. The summed E-state index contributed by atoms with van der Waals surface area (Å²) < 4.78 is 22.5. The molecule has 7 heteroatoms. The fourth-order valence-corrected chi connectivity index (χ4v) is 2.31. The lowest BCUT2D eigenvalue weighted by atomic mass is 10.3. The summed E-state index contributed by atoms with van der Waals surface area (Å²) in [5, 5.41) is 7.59. The first-order valence-electron chi connectivity index (χ1n) is 4.86. The predicted molar refractivity (Wildman–Crippen MR) is 69.4 cm³/mol. The van der Waals surface area contributed by atoms with Gasteiger partial charge in [0.05, 0.1) is 5.69 Å². The Hall–Kier alpha value is -1.05.